The van der Waals surface area contributed by atoms with E-state index in [0.29, 0.717) is 29.7 Å². The van der Waals surface area contributed by atoms with E-state index in [4.69, 9.17) is 4.74 Å². The van der Waals surface area contributed by atoms with Crippen molar-refractivity contribution in [2.45, 2.75) is 13.3 Å². The van der Waals surface area contributed by atoms with E-state index >= 15 is 0 Å². The van der Waals surface area contributed by atoms with E-state index < -0.39 is 11.6 Å². The van der Waals surface area contributed by atoms with Crippen LogP contribution in [0.15, 0.2) is 48.5 Å². The Kier molecular flexibility index (Phi) is 5.80. The van der Waals surface area contributed by atoms with Crippen LogP contribution in [0, 0.1) is 18.6 Å². The number of anilines is 3. The number of hydrogen-bond acceptors (Lipinski definition) is 5. The highest BCUT2D eigenvalue weighted by atomic mass is 19.2. The van der Waals surface area contributed by atoms with Crippen LogP contribution in [0.5, 0.6) is 5.75 Å². The summed E-state index contributed by atoms with van der Waals surface area (Å²) in [5, 5.41) is 6.21. The zero-order valence-corrected chi connectivity index (χ0v) is 15.1. The number of halogens is 2. The van der Waals surface area contributed by atoms with Gasteiger partial charge >= 0.3 is 0 Å². The van der Waals surface area contributed by atoms with Crippen LogP contribution in [-0.2, 0) is 6.42 Å². The van der Waals surface area contributed by atoms with Crippen LogP contribution in [0.3, 0.4) is 0 Å². The summed E-state index contributed by atoms with van der Waals surface area (Å²) in [5.74, 6) is 0.732. The van der Waals surface area contributed by atoms with E-state index in [9.17, 15) is 8.78 Å². The molecule has 0 atom stereocenters. The van der Waals surface area contributed by atoms with Gasteiger partial charge in [-0.05, 0) is 37.1 Å². The lowest BCUT2D eigenvalue weighted by molar-refractivity contribution is 0.410. The lowest BCUT2D eigenvalue weighted by Gasteiger charge is -2.11. The minimum atomic E-state index is -0.916. The molecule has 3 aromatic rings. The summed E-state index contributed by atoms with van der Waals surface area (Å²) < 4.78 is 31.8. The first kappa shape index (κ1) is 18.6. The fraction of sp³-hybridized carbons (Fsp3) is 0.200. The molecule has 3 rings (SSSR count). The largest absolute Gasteiger partial charge is 0.496 e. The molecule has 0 saturated carbocycles. The molecule has 2 aromatic carbocycles. The second-order valence-electron chi connectivity index (χ2n) is 5.93. The molecule has 7 heteroatoms. The Morgan fingerprint density at radius 2 is 1.74 bits per heavy atom. The monoisotopic (exact) mass is 370 g/mol. The average molecular weight is 370 g/mol. The summed E-state index contributed by atoms with van der Waals surface area (Å²) in [6.45, 7) is 2.42. The molecule has 0 radical (unpaired) electrons. The van der Waals surface area contributed by atoms with Gasteiger partial charge in [0.05, 0.1) is 7.11 Å². The fourth-order valence-electron chi connectivity index (χ4n) is 2.68. The van der Waals surface area contributed by atoms with Crippen LogP contribution < -0.4 is 15.4 Å². The molecule has 0 fully saturated rings. The molecule has 0 bridgehead atoms. The van der Waals surface area contributed by atoms with E-state index in [1.54, 1.807) is 20.1 Å². The number of ether oxygens (including phenoxy) is 1. The first-order valence-corrected chi connectivity index (χ1v) is 8.48. The number of benzene rings is 2. The summed E-state index contributed by atoms with van der Waals surface area (Å²) in [4.78, 5) is 8.63. The zero-order valence-electron chi connectivity index (χ0n) is 15.1. The number of para-hydroxylation sites is 1. The van der Waals surface area contributed by atoms with Crippen molar-refractivity contribution in [2.75, 3.05) is 24.3 Å². The maximum Gasteiger partial charge on any atom is 0.160 e. The molecule has 0 amide bonds. The first-order chi connectivity index (χ1) is 13.0. The number of aryl methyl sites for hydroxylation is 1. The summed E-state index contributed by atoms with van der Waals surface area (Å²) in [6.07, 6.45) is 0.763. The molecule has 0 spiro atoms. The summed E-state index contributed by atoms with van der Waals surface area (Å²) in [7, 11) is 1.65. The SMILES string of the molecule is COc1ccccc1CCNc1cc(Nc2ccc(F)c(F)c2)nc(C)n1. The molecule has 0 aliphatic carbocycles. The predicted octanol–water partition coefficient (Wildman–Crippen LogP) is 4.47. The van der Waals surface area contributed by atoms with E-state index in [1.165, 1.54) is 6.07 Å². The van der Waals surface area contributed by atoms with Gasteiger partial charge in [0.15, 0.2) is 11.6 Å². The van der Waals surface area contributed by atoms with E-state index in [0.717, 1.165) is 29.9 Å². The molecule has 27 heavy (non-hydrogen) atoms. The number of aromatic nitrogens is 2. The Hall–Kier alpha value is -3.22. The van der Waals surface area contributed by atoms with Gasteiger partial charge in [-0.15, -0.1) is 0 Å². The lowest BCUT2D eigenvalue weighted by Crippen LogP contribution is -2.09. The van der Waals surface area contributed by atoms with Gasteiger partial charge in [0, 0.05) is 24.4 Å². The van der Waals surface area contributed by atoms with E-state index in [2.05, 4.69) is 20.6 Å². The van der Waals surface area contributed by atoms with Crippen molar-refractivity contribution in [3.8, 4) is 5.75 Å². The second kappa shape index (κ2) is 8.44. The number of nitrogens with zero attached hydrogens (tertiary/aromatic N) is 2. The van der Waals surface area contributed by atoms with E-state index in [1.807, 2.05) is 24.3 Å². The summed E-state index contributed by atoms with van der Waals surface area (Å²) in [6, 6.07) is 13.2. The third kappa shape index (κ3) is 4.91. The van der Waals surface area contributed by atoms with Crippen LogP contribution in [-0.4, -0.2) is 23.6 Å². The molecule has 0 aliphatic rings. The van der Waals surface area contributed by atoms with Gasteiger partial charge in [-0.25, -0.2) is 18.7 Å². The number of hydrogen-bond donors (Lipinski definition) is 2. The van der Waals surface area contributed by atoms with Crippen LogP contribution in [0.25, 0.3) is 0 Å². The maximum atomic E-state index is 13.4. The normalized spacial score (nSPS) is 10.5. The second-order valence-corrected chi connectivity index (χ2v) is 5.93. The molecule has 2 N–H and O–H groups in total. The minimum absolute atomic E-state index is 0.409. The van der Waals surface area contributed by atoms with Gasteiger partial charge in [-0.1, -0.05) is 18.2 Å². The number of rotatable bonds is 7. The number of nitrogens with one attached hydrogen (secondary N) is 2. The first-order valence-electron chi connectivity index (χ1n) is 8.48. The Morgan fingerprint density at radius 3 is 2.52 bits per heavy atom. The molecule has 0 unspecified atom stereocenters. The zero-order chi connectivity index (χ0) is 19.2. The van der Waals surface area contributed by atoms with E-state index in [-0.39, 0.29) is 0 Å². The Bertz CT molecular complexity index is 934. The Labute approximate surface area is 156 Å². The smallest absolute Gasteiger partial charge is 0.160 e. The van der Waals surface area contributed by atoms with Crippen LogP contribution >= 0.6 is 0 Å². The van der Waals surface area contributed by atoms with Gasteiger partial charge < -0.3 is 15.4 Å². The molecule has 0 saturated heterocycles. The molecular formula is C20H20F2N4O. The highest BCUT2D eigenvalue weighted by molar-refractivity contribution is 5.59. The van der Waals surface area contributed by atoms with Crippen molar-refractivity contribution >= 4 is 17.3 Å². The van der Waals surface area contributed by atoms with Crippen LogP contribution in [0.1, 0.15) is 11.4 Å². The van der Waals surface area contributed by atoms with Gasteiger partial charge in [0.25, 0.3) is 0 Å². The highest BCUT2D eigenvalue weighted by Crippen LogP contribution is 2.21. The van der Waals surface area contributed by atoms with Crippen molar-refractivity contribution in [3.63, 3.8) is 0 Å². The predicted molar refractivity (Wildman–Crippen MR) is 102 cm³/mol. The minimum Gasteiger partial charge on any atom is -0.496 e. The lowest BCUT2D eigenvalue weighted by atomic mass is 10.1. The van der Waals surface area contributed by atoms with Gasteiger partial charge in [-0.2, -0.15) is 0 Å². The van der Waals surface area contributed by atoms with Crippen molar-refractivity contribution in [2.24, 2.45) is 0 Å². The number of methoxy groups -OCH3 is 1. The van der Waals surface area contributed by atoms with Gasteiger partial charge in [0.2, 0.25) is 0 Å². The highest BCUT2D eigenvalue weighted by Gasteiger charge is 2.07. The molecular weight excluding hydrogens is 350 g/mol. The summed E-state index contributed by atoms with van der Waals surface area (Å²) in [5.41, 5.74) is 1.50. The Balaban J connectivity index is 1.67. The van der Waals surface area contributed by atoms with Crippen LogP contribution in [0.4, 0.5) is 26.1 Å². The van der Waals surface area contributed by atoms with Crippen molar-refractivity contribution in [1.82, 2.24) is 9.97 Å². The molecule has 140 valence electrons. The van der Waals surface area contributed by atoms with Crippen molar-refractivity contribution in [3.05, 3.63) is 71.6 Å². The Morgan fingerprint density at radius 1 is 0.963 bits per heavy atom. The standard InChI is InChI=1S/C20H20F2N4O/c1-13-24-19(23-10-9-14-5-3-4-6-18(14)27-2)12-20(25-13)26-15-7-8-16(21)17(22)11-15/h3-8,11-12H,9-10H2,1-2H3,(H2,23,24,25,26). The van der Waals surface area contributed by atoms with Crippen LogP contribution in [0.2, 0.25) is 0 Å². The topological polar surface area (TPSA) is 59.1 Å². The quantitative estimate of drug-likeness (QED) is 0.643. The third-order valence-electron chi connectivity index (χ3n) is 3.92. The molecule has 1 aromatic heterocycles. The average Bonchev–Trinajstić information content (AvgIpc) is 2.65. The van der Waals surface area contributed by atoms with Crippen molar-refractivity contribution < 1.29 is 13.5 Å². The molecule has 0 aliphatic heterocycles. The fourth-order valence-corrected chi connectivity index (χ4v) is 2.68. The molecule has 1 heterocycles. The third-order valence-corrected chi connectivity index (χ3v) is 3.92. The molecule has 5 nitrogen and oxygen atoms in total. The van der Waals surface area contributed by atoms with Crippen molar-refractivity contribution in [1.29, 1.82) is 0 Å². The summed E-state index contributed by atoms with van der Waals surface area (Å²) >= 11 is 0. The maximum absolute atomic E-state index is 13.4. The van der Waals surface area contributed by atoms with Gasteiger partial charge in [0.1, 0.15) is 23.2 Å². The van der Waals surface area contributed by atoms with Gasteiger partial charge in [-0.3, -0.25) is 0 Å².